The largest absolute Gasteiger partial charge is 0.596 e. The molecule has 1 unspecified atom stereocenters. The summed E-state index contributed by atoms with van der Waals surface area (Å²) in [6.07, 6.45) is 1.11. The maximum Gasteiger partial charge on any atom is 0.0593 e. The van der Waals surface area contributed by atoms with Gasteiger partial charge < -0.3 is 14.9 Å². The molecule has 0 aliphatic carbocycles. The molecule has 0 aromatic rings. The molecule has 0 saturated carbocycles. The zero-order valence-electron chi connectivity index (χ0n) is 5.63. The van der Waals surface area contributed by atoms with E-state index in [9.17, 15) is 9.59 Å². The summed E-state index contributed by atoms with van der Waals surface area (Å²) in [5.74, 6) is -0.563. The van der Waals surface area contributed by atoms with E-state index in [4.69, 9.17) is 0 Å². The Morgan fingerprint density at radius 2 is 2.10 bits per heavy atom. The Morgan fingerprint density at radius 3 is 2.50 bits per heavy atom. The van der Waals surface area contributed by atoms with Crippen molar-refractivity contribution in [3.8, 4) is 0 Å². The molecule has 10 heavy (non-hydrogen) atoms. The molecule has 1 heterocycles. The molecular weight excluding hydrogens is 304 g/mol. The monoisotopic (exact) mass is 313 g/mol. The minimum absolute atomic E-state index is 0. The predicted octanol–water partition coefficient (Wildman–Crippen LogP) is 0.841. The Hall–Kier alpha value is -0.198. The van der Waals surface area contributed by atoms with Crippen LogP contribution >= 0.6 is 0 Å². The van der Waals surface area contributed by atoms with Crippen LogP contribution < -0.4 is 0 Å². The van der Waals surface area contributed by atoms with Crippen LogP contribution in [0.4, 0.5) is 0 Å². The number of rotatable bonds is 0. The van der Waals surface area contributed by atoms with Crippen LogP contribution in [-0.2, 0) is 30.0 Å². The van der Waals surface area contributed by atoms with Crippen molar-refractivity contribution in [2.24, 2.45) is 5.92 Å². The van der Waals surface area contributed by atoms with Crippen molar-refractivity contribution in [2.75, 3.05) is 0 Å². The maximum atomic E-state index is 10.6. The summed E-state index contributed by atoms with van der Waals surface area (Å²) >= 11 is 0. The van der Waals surface area contributed by atoms with Crippen molar-refractivity contribution in [1.82, 2.24) is 0 Å². The summed E-state index contributed by atoms with van der Waals surface area (Å²) in [7, 11) is 0. The first-order valence-corrected chi connectivity index (χ1v) is 2.98. The predicted molar refractivity (Wildman–Crippen MR) is 31.8 cm³/mol. The molecule has 0 bridgehead atoms. The first kappa shape index (κ1) is 9.80. The van der Waals surface area contributed by atoms with Crippen molar-refractivity contribution in [3.05, 3.63) is 5.32 Å². The van der Waals surface area contributed by atoms with Gasteiger partial charge in [0.25, 0.3) is 0 Å². The minimum atomic E-state index is -0.266. The number of amides is 2. The third-order valence-corrected chi connectivity index (χ3v) is 1.45. The summed E-state index contributed by atoms with van der Waals surface area (Å²) in [5, 5.41) is 3.29. The second-order valence-electron chi connectivity index (χ2n) is 2.28. The van der Waals surface area contributed by atoms with Crippen LogP contribution in [0.5, 0.6) is 0 Å². The Kier molecular flexibility index (Phi) is 3.77. The van der Waals surface area contributed by atoms with Crippen LogP contribution in [0.3, 0.4) is 0 Å². The van der Waals surface area contributed by atoms with E-state index in [0.717, 1.165) is 0 Å². The van der Waals surface area contributed by atoms with Gasteiger partial charge in [-0.05, 0) is 18.8 Å². The summed E-state index contributed by atoms with van der Waals surface area (Å²) < 4.78 is 0. The van der Waals surface area contributed by atoms with Crippen molar-refractivity contribution in [3.63, 3.8) is 0 Å². The second-order valence-corrected chi connectivity index (χ2v) is 2.28. The molecule has 0 N–H and O–H groups in total. The first-order valence-electron chi connectivity index (χ1n) is 2.98. The molecule has 0 spiro atoms. The van der Waals surface area contributed by atoms with Gasteiger partial charge in [0.1, 0.15) is 0 Å². The topological polar surface area (TPSA) is 48.2 Å². The van der Waals surface area contributed by atoms with Crippen LogP contribution in [0.1, 0.15) is 19.8 Å². The maximum absolute atomic E-state index is 10.6. The van der Waals surface area contributed by atoms with E-state index in [-0.39, 0.29) is 38.2 Å². The van der Waals surface area contributed by atoms with E-state index in [1.165, 1.54) is 0 Å². The molecule has 1 radical (unpaired) electrons. The van der Waals surface area contributed by atoms with Gasteiger partial charge >= 0.3 is 0 Å². The van der Waals surface area contributed by atoms with Gasteiger partial charge in [0.15, 0.2) is 0 Å². The third kappa shape index (κ3) is 2.20. The van der Waals surface area contributed by atoms with Gasteiger partial charge in [-0.3, -0.25) is 0 Å². The molecule has 1 atom stereocenters. The molecule has 1 aliphatic heterocycles. The average Bonchev–Trinajstić information content (AvgIpc) is 1.80. The fourth-order valence-corrected chi connectivity index (χ4v) is 0.752. The van der Waals surface area contributed by atoms with Gasteiger partial charge in [0.05, 0.1) is 11.8 Å². The standard InChI is InChI=1S/C6H9NO2.Re/c1-4-2-3-5(8)7-6(4)9;/h4H,2-3H2,1H3,(H,7,8,9);/p-1. The van der Waals surface area contributed by atoms with Crippen molar-refractivity contribution in [1.29, 1.82) is 0 Å². The number of nitrogens with zero attached hydrogens (tertiary/aromatic N) is 1. The number of imide groups is 1. The van der Waals surface area contributed by atoms with Crippen LogP contribution in [0.2, 0.25) is 0 Å². The molecule has 4 heteroatoms. The third-order valence-electron chi connectivity index (χ3n) is 1.45. The van der Waals surface area contributed by atoms with E-state index >= 15 is 0 Å². The van der Waals surface area contributed by atoms with E-state index < -0.39 is 0 Å². The van der Waals surface area contributed by atoms with Gasteiger partial charge in [-0.15, -0.1) is 0 Å². The van der Waals surface area contributed by atoms with Gasteiger partial charge in [-0.25, -0.2) is 0 Å². The van der Waals surface area contributed by atoms with Crippen molar-refractivity contribution in [2.45, 2.75) is 19.8 Å². The van der Waals surface area contributed by atoms with Gasteiger partial charge in [-0.2, -0.15) is 0 Å². The Bertz CT molecular complexity index is 158. The molecular formula is C6H8NO2Re-. The molecule has 1 saturated heterocycles. The number of piperidine rings is 1. The molecule has 57 valence electrons. The minimum Gasteiger partial charge on any atom is -0.596 e. The van der Waals surface area contributed by atoms with Crippen LogP contribution in [0.25, 0.3) is 5.32 Å². The van der Waals surface area contributed by atoms with Crippen molar-refractivity contribution < 1.29 is 30.0 Å². The Balaban J connectivity index is 0.000000810. The Labute approximate surface area is 73.2 Å². The quantitative estimate of drug-likeness (QED) is 0.622. The molecule has 1 fully saturated rings. The molecule has 2 amide bonds. The fraction of sp³-hybridized carbons (Fsp3) is 0.667. The van der Waals surface area contributed by atoms with Gasteiger partial charge in [0.2, 0.25) is 0 Å². The molecule has 1 rings (SSSR count). The molecule has 3 nitrogen and oxygen atoms in total. The molecule has 0 aromatic heterocycles. The summed E-state index contributed by atoms with van der Waals surface area (Å²) in [6, 6.07) is 0. The number of carbonyl (C=O) groups is 2. The second kappa shape index (κ2) is 3.85. The van der Waals surface area contributed by atoms with E-state index in [1.54, 1.807) is 6.92 Å². The SMILES string of the molecule is CC1CCC(=O)[N-]C1=O.[Re]. The number of hydrogen-bond acceptors (Lipinski definition) is 2. The molecule has 0 aromatic carbocycles. The smallest absolute Gasteiger partial charge is 0.0593 e. The summed E-state index contributed by atoms with van der Waals surface area (Å²) in [5.41, 5.74) is 0. The Morgan fingerprint density at radius 1 is 1.50 bits per heavy atom. The normalized spacial score (nSPS) is 25.1. The zero-order chi connectivity index (χ0) is 6.85. The first-order chi connectivity index (χ1) is 4.20. The fourth-order valence-electron chi connectivity index (χ4n) is 0.752. The zero-order valence-corrected chi connectivity index (χ0v) is 8.35. The average molecular weight is 312 g/mol. The van der Waals surface area contributed by atoms with E-state index in [1.807, 2.05) is 0 Å². The van der Waals surface area contributed by atoms with Crippen LogP contribution in [0, 0.1) is 5.92 Å². The summed E-state index contributed by atoms with van der Waals surface area (Å²) in [6.45, 7) is 1.79. The molecule has 1 aliphatic rings. The van der Waals surface area contributed by atoms with E-state index in [0.29, 0.717) is 12.8 Å². The van der Waals surface area contributed by atoms with Gasteiger partial charge in [-0.1, -0.05) is 6.92 Å². The van der Waals surface area contributed by atoms with Gasteiger partial charge in [0, 0.05) is 20.4 Å². The summed E-state index contributed by atoms with van der Waals surface area (Å²) in [4.78, 5) is 21.0. The van der Waals surface area contributed by atoms with Crippen molar-refractivity contribution >= 4 is 11.8 Å². The van der Waals surface area contributed by atoms with Crippen LogP contribution in [0.15, 0.2) is 0 Å². The van der Waals surface area contributed by atoms with Crippen LogP contribution in [-0.4, -0.2) is 11.8 Å². The number of carbonyl (C=O) groups excluding carboxylic acids is 2. The number of hydrogen-bond donors (Lipinski definition) is 0. The van der Waals surface area contributed by atoms with E-state index in [2.05, 4.69) is 5.32 Å².